The Kier molecular flexibility index (Phi) is 5.78. The second-order valence-corrected chi connectivity index (χ2v) is 3.99. The number of rotatable bonds is 7. The van der Waals surface area contributed by atoms with Gasteiger partial charge >= 0.3 is 5.97 Å². The average Bonchev–Trinajstić information content (AvgIpc) is 2.37. The fourth-order valence-electron chi connectivity index (χ4n) is 1.46. The van der Waals surface area contributed by atoms with Crippen LogP contribution in [-0.4, -0.2) is 29.6 Å². The Bertz CT molecular complexity index is 433. The van der Waals surface area contributed by atoms with Gasteiger partial charge in [-0.3, -0.25) is 4.79 Å². The highest BCUT2D eigenvalue weighted by Crippen LogP contribution is 2.10. The average molecular weight is 269 g/mol. The van der Waals surface area contributed by atoms with Crippen molar-refractivity contribution in [2.75, 3.05) is 6.61 Å². The van der Waals surface area contributed by atoms with Crippen LogP contribution >= 0.6 is 0 Å². The van der Waals surface area contributed by atoms with Crippen molar-refractivity contribution in [2.45, 2.75) is 25.8 Å². The molecule has 0 aliphatic heterocycles. The first-order valence-electron chi connectivity index (χ1n) is 5.93. The molecule has 104 valence electrons. The minimum Gasteiger partial charge on any atom is -0.484 e. The van der Waals surface area contributed by atoms with Crippen LogP contribution in [0.5, 0.6) is 5.75 Å². The van der Waals surface area contributed by atoms with Crippen molar-refractivity contribution in [3.8, 4) is 5.75 Å². The Labute approximate surface area is 110 Å². The maximum absolute atomic E-state index is 12.6. The highest BCUT2D eigenvalue weighted by Gasteiger charge is 2.18. The third-order valence-electron chi connectivity index (χ3n) is 2.39. The van der Waals surface area contributed by atoms with E-state index in [1.165, 1.54) is 24.3 Å². The molecule has 19 heavy (non-hydrogen) atoms. The minimum atomic E-state index is -1.07. The number of hydrogen-bond donors (Lipinski definition) is 2. The van der Waals surface area contributed by atoms with Gasteiger partial charge in [0.15, 0.2) is 6.61 Å². The molecule has 1 aromatic rings. The normalized spacial score (nSPS) is 11.7. The number of ether oxygens (including phenoxy) is 1. The number of benzene rings is 1. The fraction of sp³-hybridized carbons (Fsp3) is 0.385. The first-order valence-corrected chi connectivity index (χ1v) is 5.93. The molecule has 0 aliphatic carbocycles. The predicted molar refractivity (Wildman–Crippen MR) is 66.4 cm³/mol. The summed E-state index contributed by atoms with van der Waals surface area (Å²) in [5.74, 6) is -1.65. The maximum Gasteiger partial charge on any atom is 0.326 e. The van der Waals surface area contributed by atoms with Gasteiger partial charge in [-0.25, -0.2) is 9.18 Å². The summed E-state index contributed by atoms with van der Waals surface area (Å²) in [6, 6.07) is 4.30. The Hall–Kier alpha value is -2.11. The summed E-state index contributed by atoms with van der Waals surface area (Å²) in [5.41, 5.74) is 0. The van der Waals surface area contributed by atoms with Gasteiger partial charge in [0, 0.05) is 0 Å². The van der Waals surface area contributed by atoms with Crippen molar-refractivity contribution in [2.24, 2.45) is 0 Å². The van der Waals surface area contributed by atoms with Crippen LogP contribution in [0.2, 0.25) is 0 Å². The maximum atomic E-state index is 12.6. The van der Waals surface area contributed by atoms with Crippen molar-refractivity contribution in [3.63, 3.8) is 0 Å². The van der Waals surface area contributed by atoms with Crippen LogP contribution < -0.4 is 10.1 Å². The van der Waals surface area contributed by atoms with Gasteiger partial charge in [0.2, 0.25) is 0 Å². The molecule has 2 N–H and O–H groups in total. The van der Waals surface area contributed by atoms with E-state index >= 15 is 0 Å². The Morgan fingerprint density at radius 3 is 2.53 bits per heavy atom. The molecule has 1 rings (SSSR count). The monoisotopic (exact) mass is 269 g/mol. The van der Waals surface area contributed by atoms with E-state index in [2.05, 4.69) is 5.32 Å². The van der Waals surface area contributed by atoms with Gasteiger partial charge in [-0.05, 0) is 30.7 Å². The smallest absolute Gasteiger partial charge is 0.326 e. The molecule has 1 aromatic carbocycles. The Morgan fingerprint density at radius 2 is 2.00 bits per heavy atom. The molecule has 0 aliphatic rings. The Balaban J connectivity index is 2.42. The van der Waals surface area contributed by atoms with Gasteiger partial charge in [0.1, 0.15) is 17.6 Å². The SMILES string of the molecule is CCC[C@@H](NC(=O)COc1ccc(F)cc1)C(=O)O. The molecule has 1 atom stereocenters. The number of carbonyl (C=O) groups is 2. The molecule has 0 saturated carbocycles. The third kappa shape index (κ3) is 5.37. The van der Waals surface area contributed by atoms with Gasteiger partial charge < -0.3 is 15.2 Å². The van der Waals surface area contributed by atoms with Crippen molar-refractivity contribution in [1.29, 1.82) is 0 Å². The number of carboxylic acids is 1. The van der Waals surface area contributed by atoms with Gasteiger partial charge in [-0.1, -0.05) is 13.3 Å². The lowest BCUT2D eigenvalue weighted by Gasteiger charge is -2.13. The van der Waals surface area contributed by atoms with Crippen molar-refractivity contribution in [3.05, 3.63) is 30.1 Å². The van der Waals surface area contributed by atoms with E-state index in [0.29, 0.717) is 18.6 Å². The van der Waals surface area contributed by atoms with Gasteiger partial charge in [-0.15, -0.1) is 0 Å². The lowest BCUT2D eigenvalue weighted by molar-refractivity contribution is -0.142. The molecular formula is C13H16FNO4. The number of carbonyl (C=O) groups excluding carboxylic acids is 1. The number of hydrogen-bond acceptors (Lipinski definition) is 3. The van der Waals surface area contributed by atoms with Crippen LogP contribution in [0.4, 0.5) is 4.39 Å². The standard InChI is InChI=1S/C13H16FNO4/c1-2-3-11(13(17)18)15-12(16)8-19-10-6-4-9(14)5-7-10/h4-7,11H,2-3,8H2,1H3,(H,15,16)(H,17,18)/t11-/m1/s1. The van der Waals surface area contributed by atoms with Crippen LogP contribution in [-0.2, 0) is 9.59 Å². The van der Waals surface area contributed by atoms with Crippen molar-refractivity contribution in [1.82, 2.24) is 5.32 Å². The molecule has 6 heteroatoms. The zero-order valence-corrected chi connectivity index (χ0v) is 10.6. The highest BCUT2D eigenvalue weighted by molar-refractivity contribution is 5.84. The molecule has 0 fully saturated rings. The zero-order chi connectivity index (χ0) is 14.3. The number of halogens is 1. The van der Waals surface area contributed by atoms with E-state index in [1.54, 1.807) is 0 Å². The molecule has 0 bridgehead atoms. The molecule has 0 radical (unpaired) electrons. The van der Waals surface area contributed by atoms with Crippen molar-refractivity contribution < 1.29 is 23.8 Å². The first-order chi connectivity index (χ1) is 9.02. The fourth-order valence-corrected chi connectivity index (χ4v) is 1.46. The predicted octanol–water partition coefficient (Wildman–Crippen LogP) is 1.57. The van der Waals surface area contributed by atoms with Crippen LogP contribution in [0.3, 0.4) is 0 Å². The molecular weight excluding hydrogens is 253 g/mol. The molecule has 0 unspecified atom stereocenters. The first kappa shape index (κ1) is 14.9. The topological polar surface area (TPSA) is 75.6 Å². The molecule has 0 heterocycles. The van der Waals surface area contributed by atoms with E-state index in [9.17, 15) is 14.0 Å². The summed E-state index contributed by atoms with van der Waals surface area (Å²) in [6.45, 7) is 1.52. The van der Waals surface area contributed by atoms with Crippen LogP contribution in [0.15, 0.2) is 24.3 Å². The summed E-state index contributed by atoms with van der Waals surface area (Å²) in [6.07, 6.45) is 1.01. The largest absolute Gasteiger partial charge is 0.484 e. The second kappa shape index (κ2) is 7.35. The summed E-state index contributed by atoms with van der Waals surface area (Å²) in [5, 5.41) is 11.2. The Morgan fingerprint density at radius 1 is 1.37 bits per heavy atom. The lowest BCUT2D eigenvalue weighted by atomic mass is 10.2. The zero-order valence-electron chi connectivity index (χ0n) is 10.6. The lowest BCUT2D eigenvalue weighted by Crippen LogP contribution is -2.42. The van der Waals surface area contributed by atoms with E-state index in [0.717, 1.165) is 0 Å². The molecule has 0 spiro atoms. The quantitative estimate of drug-likeness (QED) is 0.788. The summed E-state index contributed by atoms with van der Waals surface area (Å²) in [4.78, 5) is 22.3. The van der Waals surface area contributed by atoms with E-state index in [1.807, 2.05) is 6.92 Å². The molecule has 1 amide bonds. The highest BCUT2D eigenvalue weighted by atomic mass is 19.1. The van der Waals surface area contributed by atoms with E-state index in [4.69, 9.17) is 9.84 Å². The number of amides is 1. The van der Waals surface area contributed by atoms with Gasteiger partial charge in [0.25, 0.3) is 5.91 Å². The minimum absolute atomic E-state index is 0.306. The number of aliphatic carboxylic acids is 1. The molecule has 0 saturated heterocycles. The number of nitrogens with one attached hydrogen (secondary N) is 1. The van der Waals surface area contributed by atoms with E-state index in [-0.39, 0.29) is 6.61 Å². The van der Waals surface area contributed by atoms with Crippen molar-refractivity contribution >= 4 is 11.9 Å². The number of carboxylic acid groups (broad SMARTS) is 1. The van der Waals surface area contributed by atoms with Crippen LogP contribution in [0.25, 0.3) is 0 Å². The summed E-state index contributed by atoms with van der Waals surface area (Å²) in [7, 11) is 0. The third-order valence-corrected chi connectivity index (χ3v) is 2.39. The van der Waals surface area contributed by atoms with Crippen LogP contribution in [0, 0.1) is 5.82 Å². The molecule has 5 nitrogen and oxygen atoms in total. The van der Waals surface area contributed by atoms with Gasteiger partial charge in [-0.2, -0.15) is 0 Å². The van der Waals surface area contributed by atoms with E-state index < -0.39 is 23.7 Å². The van der Waals surface area contributed by atoms with Gasteiger partial charge in [0.05, 0.1) is 0 Å². The molecule has 0 aromatic heterocycles. The summed E-state index contributed by atoms with van der Waals surface area (Å²) < 4.78 is 17.7. The second-order valence-electron chi connectivity index (χ2n) is 3.99. The van der Waals surface area contributed by atoms with Crippen LogP contribution in [0.1, 0.15) is 19.8 Å². The summed E-state index contributed by atoms with van der Waals surface area (Å²) >= 11 is 0.